The zero-order valence-corrected chi connectivity index (χ0v) is 17.8. The number of primary amides is 1. The highest BCUT2D eigenvalue weighted by Gasteiger charge is 2.35. The summed E-state index contributed by atoms with van der Waals surface area (Å²) in [5.74, 6) is -7.93. The molecule has 2 aromatic carbocycles. The van der Waals surface area contributed by atoms with Crippen LogP contribution in [-0.4, -0.2) is 30.2 Å². The van der Waals surface area contributed by atoms with E-state index in [-0.39, 0.29) is 23.5 Å². The summed E-state index contributed by atoms with van der Waals surface area (Å²) in [7, 11) is -3.29. The standard InChI is InChI=1S/C22H14F7N3O5/c1-35-16-8-12(37-22(27,28)29)3-5-15(16)36-17-7-10(21(24,25)26)6-13(23)18(17)20(34)32-11-2-4-14(19(30)33)31-9-11/h2-9H,1H3,(H2,30,33)(H,32,34)/i1D3. The van der Waals surface area contributed by atoms with Gasteiger partial charge in [-0.25, -0.2) is 9.37 Å². The summed E-state index contributed by atoms with van der Waals surface area (Å²) in [5.41, 5.74) is 1.95. The van der Waals surface area contributed by atoms with Crippen LogP contribution in [0.25, 0.3) is 0 Å². The number of benzene rings is 2. The minimum Gasteiger partial charge on any atom is -0.493 e. The Morgan fingerprint density at radius 1 is 1.00 bits per heavy atom. The lowest BCUT2D eigenvalue weighted by Gasteiger charge is -2.17. The highest BCUT2D eigenvalue weighted by molar-refractivity contribution is 6.06. The average Bonchev–Trinajstić information content (AvgIpc) is 2.78. The van der Waals surface area contributed by atoms with E-state index in [1.165, 1.54) is 0 Å². The van der Waals surface area contributed by atoms with Crippen LogP contribution in [0.15, 0.2) is 48.7 Å². The Morgan fingerprint density at radius 3 is 2.30 bits per heavy atom. The van der Waals surface area contributed by atoms with Crippen molar-refractivity contribution in [1.29, 1.82) is 0 Å². The van der Waals surface area contributed by atoms with Gasteiger partial charge in [-0.2, -0.15) is 13.2 Å². The van der Waals surface area contributed by atoms with E-state index in [4.69, 9.17) is 14.6 Å². The molecule has 1 aromatic heterocycles. The first-order chi connectivity index (χ1) is 18.3. The quantitative estimate of drug-likeness (QED) is 0.397. The number of rotatable bonds is 7. The first-order valence-electron chi connectivity index (χ1n) is 11.1. The average molecular weight is 536 g/mol. The van der Waals surface area contributed by atoms with Gasteiger partial charge in [0, 0.05) is 6.07 Å². The number of halogens is 7. The third-order valence-corrected chi connectivity index (χ3v) is 4.36. The fourth-order valence-corrected chi connectivity index (χ4v) is 2.82. The molecular formula is C22H14F7N3O5. The maximum Gasteiger partial charge on any atom is 0.573 e. The Bertz CT molecular complexity index is 1430. The van der Waals surface area contributed by atoms with Crippen LogP contribution in [0.1, 0.15) is 30.5 Å². The van der Waals surface area contributed by atoms with Crippen molar-refractivity contribution in [2.24, 2.45) is 5.73 Å². The molecule has 0 fully saturated rings. The summed E-state index contributed by atoms with van der Waals surface area (Å²) < 4.78 is 128. The van der Waals surface area contributed by atoms with Crippen LogP contribution in [0.4, 0.5) is 36.4 Å². The minimum absolute atomic E-state index is 0.0175. The van der Waals surface area contributed by atoms with E-state index >= 15 is 0 Å². The molecule has 0 aliphatic rings. The van der Waals surface area contributed by atoms with Gasteiger partial charge in [0.2, 0.25) is 0 Å². The maximum atomic E-state index is 14.9. The number of ether oxygens (including phenoxy) is 3. The van der Waals surface area contributed by atoms with Gasteiger partial charge in [0.25, 0.3) is 11.8 Å². The molecule has 0 saturated heterocycles. The summed E-state index contributed by atoms with van der Waals surface area (Å²) in [6.07, 6.45) is -9.42. The fraction of sp³-hybridized carbons (Fsp3) is 0.136. The Labute approximate surface area is 207 Å². The predicted octanol–water partition coefficient (Wildman–Crippen LogP) is 5.29. The van der Waals surface area contributed by atoms with Crippen molar-refractivity contribution in [1.82, 2.24) is 4.98 Å². The monoisotopic (exact) mass is 536 g/mol. The van der Waals surface area contributed by atoms with Crippen molar-refractivity contribution in [3.8, 4) is 23.0 Å². The van der Waals surface area contributed by atoms with Crippen molar-refractivity contribution in [2.45, 2.75) is 12.5 Å². The van der Waals surface area contributed by atoms with Gasteiger partial charge in [-0.3, -0.25) is 9.59 Å². The smallest absolute Gasteiger partial charge is 0.493 e. The molecule has 0 bridgehead atoms. The Kier molecular flexibility index (Phi) is 6.31. The van der Waals surface area contributed by atoms with Crippen LogP contribution < -0.4 is 25.3 Å². The predicted molar refractivity (Wildman–Crippen MR) is 112 cm³/mol. The molecule has 0 unspecified atom stereocenters. The molecule has 1 heterocycles. The van der Waals surface area contributed by atoms with E-state index in [0.717, 1.165) is 18.3 Å². The second-order valence-electron chi connectivity index (χ2n) is 6.94. The molecule has 0 aliphatic heterocycles. The molecule has 2 amide bonds. The molecule has 3 N–H and O–H groups in total. The van der Waals surface area contributed by atoms with Crippen LogP contribution in [-0.2, 0) is 6.18 Å². The number of carbonyl (C=O) groups is 2. The molecule has 0 spiro atoms. The van der Waals surface area contributed by atoms with Crippen molar-refractivity contribution < 1.29 is 58.6 Å². The second kappa shape index (κ2) is 10.2. The van der Waals surface area contributed by atoms with Crippen molar-refractivity contribution in [3.63, 3.8) is 0 Å². The number of nitrogens with two attached hydrogens (primary N) is 1. The summed E-state index contributed by atoms with van der Waals surface area (Å²) in [4.78, 5) is 27.6. The molecule has 8 nitrogen and oxygen atoms in total. The number of hydrogen-bond acceptors (Lipinski definition) is 6. The molecule has 3 rings (SSSR count). The number of nitrogens with one attached hydrogen (secondary N) is 1. The summed E-state index contributed by atoms with van der Waals surface area (Å²) in [6, 6.07) is 4.03. The normalized spacial score (nSPS) is 13.1. The van der Waals surface area contributed by atoms with Crippen LogP contribution in [0, 0.1) is 5.82 Å². The van der Waals surface area contributed by atoms with Crippen molar-refractivity contribution in [2.75, 3.05) is 12.4 Å². The van der Waals surface area contributed by atoms with Gasteiger partial charge >= 0.3 is 12.5 Å². The summed E-state index contributed by atoms with van der Waals surface area (Å²) >= 11 is 0. The Balaban J connectivity index is 2.09. The number of carbonyl (C=O) groups excluding carboxylic acids is 2. The topological polar surface area (TPSA) is 113 Å². The first kappa shape index (κ1) is 22.9. The lowest BCUT2D eigenvalue weighted by atomic mass is 10.1. The number of alkyl halides is 6. The summed E-state index contributed by atoms with van der Waals surface area (Å²) in [6.45, 7) is 0. The first-order valence-corrected chi connectivity index (χ1v) is 9.57. The molecule has 3 aromatic rings. The van der Waals surface area contributed by atoms with E-state index in [1.54, 1.807) is 0 Å². The number of methoxy groups -OCH3 is 1. The molecule has 0 radical (unpaired) electrons. The number of aromatic nitrogens is 1. The molecule has 37 heavy (non-hydrogen) atoms. The zero-order valence-electron chi connectivity index (χ0n) is 20.8. The van der Waals surface area contributed by atoms with Gasteiger partial charge in [0.1, 0.15) is 28.6 Å². The number of anilines is 1. The lowest BCUT2D eigenvalue weighted by Crippen LogP contribution is -2.18. The largest absolute Gasteiger partial charge is 0.573 e. The molecule has 15 heteroatoms. The Hall–Kier alpha value is -4.56. The third kappa shape index (κ3) is 6.77. The van der Waals surface area contributed by atoms with Crippen LogP contribution >= 0.6 is 0 Å². The van der Waals surface area contributed by atoms with Crippen LogP contribution in [0.5, 0.6) is 23.0 Å². The highest BCUT2D eigenvalue weighted by Crippen LogP contribution is 2.40. The third-order valence-electron chi connectivity index (χ3n) is 4.36. The van der Waals surface area contributed by atoms with Gasteiger partial charge < -0.3 is 25.3 Å². The number of hydrogen-bond donors (Lipinski definition) is 2. The van der Waals surface area contributed by atoms with Gasteiger partial charge in [-0.1, -0.05) is 0 Å². The van der Waals surface area contributed by atoms with Crippen molar-refractivity contribution >= 4 is 17.5 Å². The maximum absolute atomic E-state index is 14.9. The van der Waals surface area contributed by atoms with Crippen molar-refractivity contribution in [3.05, 3.63) is 71.3 Å². The molecule has 0 atom stereocenters. The Morgan fingerprint density at radius 2 is 1.73 bits per heavy atom. The van der Waals surface area contributed by atoms with E-state index in [9.17, 15) is 40.3 Å². The lowest BCUT2D eigenvalue weighted by molar-refractivity contribution is -0.274. The van der Waals surface area contributed by atoms with Crippen LogP contribution in [0.3, 0.4) is 0 Å². The van der Waals surface area contributed by atoms with E-state index < -0.39 is 71.3 Å². The van der Waals surface area contributed by atoms with Crippen LogP contribution in [0.2, 0.25) is 0 Å². The summed E-state index contributed by atoms with van der Waals surface area (Å²) in [5, 5.41) is 2.12. The fourth-order valence-electron chi connectivity index (χ4n) is 2.82. The highest BCUT2D eigenvalue weighted by atomic mass is 19.4. The van der Waals surface area contributed by atoms with Gasteiger partial charge in [-0.15, -0.1) is 13.2 Å². The zero-order chi connectivity index (χ0) is 30.0. The van der Waals surface area contributed by atoms with Gasteiger partial charge in [0.05, 0.1) is 28.6 Å². The molecule has 196 valence electrons. The number of pyridine rings is 1. The van der Waals surface area contributed by atoms with E-state index in [1.807, 2.05) is 0 Å². The molecule has 0 aliphatic carbocycles. The number of nitrogens with zero attached hydrogens (tertiary/aromatic N) is 1. The molecular weight excluding hydrogens is 519 g/mol. The SMILES string of the molecule is [2H]C([2H])([2H])Oc1cc(OC(F)(F)F)ccc1Oc1cc(C(F)(F)F)cc(F)c1C(=O)Nc1ccc(C(N)=O)nc1. The second-order valence-corrected chi connectivity index (χ2v) is 6.94. The van der Waals surface area contributed by atoms with E-state index in [0.29, 0.717) is 18.2 Å². The minimum atomic E-state index is -5.21. The number of amides is 2. The van der Waals surface area contributed by atoms with Gasteiger partial charge in [0.15, 0.2) is 11.5 Å². The van der Waals surface area contributed by atoms with E-state index in [2.05, 4.69) is 19.8 Å². The molecule has 0 saturated carbocycles. The van der Waals surface area contributed by atoms with Gasteiger partial charge in [-0.05, 0) is 36.4 Å².